The summed E-state index contributed by atoms with van der Waals surface area (Å²) in [7, 11) is -4.36. The second-order valence-electron chi connectivity index (χ2n) is 7.20. The second-order valence-corrected chi connectivity index (χ2v) is 9.25. The van der Waals surface area contributed by atoms with Crippen LogP contribution in [0.3, 0.4) is 0 Å². The van der Waals surface area contributed by atoms with E-state index in [2.05, 4.69) is 14.8 Å². The quantitative estimate of drug-likeness (QED) is 0.345. The molecule has 0 radical (unpaired) electrons. The molecule has 0 fully saturated rings. The van der Waals surface area contributed by atoms with Crippen LogP contribution in [0.4, 0.5) is 24.5 Å². The molecule has 0 saturated heterocycles. The van der Waals surface area contributed by atoms with Crippen molar-refractivity contribution < 1.29 is 41.0 Å². The van der Waals surface area contributed by atoms with Crippen LogP contribution in [0.2, 0.25) is 5.02 Å². The molecule has 0 heterocycles. The Labute approximate surface area is 209 Å². The molecule has 0 spiro atoms. The molecular formula is C23H20ClF3N2O6S. The van der Waals surface area contributed by atoms with Crippen LogP contribution in [0.25, 0.3) is 0 Å². The van der Waals surface area contributed by atoms with Crippen molar-refractivity contribution in [2.45, 2.75) is 24.3 Å². The van der Waals surface area contributed by atoms with Crippen molar-refractivity contribution in [2.24, 2.45) is 0 Å². The maximum Gasteiger partial charge on any atom is 0.573 e. The summed E-state index contributed by atoms with van der Waals surface area (Å²) in [6.07, 6.45) is -6.50. The van der Waals surface area contributed by atoms with Gasteiger partial charge in [-0.3, -0.25) is 9.52 Å². The van der Waals surface area contributed by atoms with E-state index in [4.69, 9.17) is 16.3 Å². The van der Waals surface area contributed by atoms with E-state index in [9.17, 15) is 31.5 Å². The van der Waals surface area contributed by atoms with Gasteiger partial charge in [0, 0.05) is 17.8 Å². The van der Waals surface area contributed by atoms with E-state index < -0.39 is 34.1 Å². The average molecular weight is 545 g/mol. The molecule has 0 aromatic heterocycles. The number of halogens is 4. The number of nitrogens with one attached hydrogen (secondary N) is 2. The van der Waals surface area contributed by atoms with Gasteiger partial charge in [0.05, 0.1) is 17.3 Å². The molecule has 3 N–H and O–H groups in total. The van der Waals surface area contributed by atoms with Crippen LogP contribution >= 0.6 is 11.6 Å². The predicted molar refractivity (Wildman–Crippen MR) is 127 cm³/mol. The molecule has 0 aliphatic heterocycles. The zero-order chi connectivity index (χ0) is 26.5. The molecule has 0 aliphatic rings. The summed E-state index contributed by atoms with van der Waals surface area (Å²) in [5.41, 5.74) is 0.259. The van der Waals surface area contributed by atoms with E-state index >= 15 is 0 Å². The molecule has 3 aromatic rings. The lowest BCUT2D eigenvalue weighted by atomic mass is 10.1. The lowest BCUT2D eigenvalue weighted by molar-refractivity contribution is -0.274. The molecular weight excluding hydrogens is 525 g/mol. The normalized spacial score (nSPS) is 12.5. The van der Waals surface area contributed by atoms with E-state index in [-0.39, 0.29) is 33.6 Å². The van der Waals surface area contributed by atoms with Gasteiger partial charge < -0.3 is 19.9 Å². The number of benzene rings is 3. The fourth-order valence-corrected chi connectivity index (χ4v) is 4.39. The topological polar surface area (TPSA) is 114 Å². The molecule has 36 heavy (non-hydrogen) atoms. The molecule has 1 atom stereocenters. The highest BCUT2D eigenvalue weighted by Gasteiger charge is 2.32. The number of carbonyl (C=O) groups is 1. The summed E-state index contributed by atoms with van der Waals surface area (Å²) in [4.78, 5) is 12.1. The Balaban J connectivity index is 1.85. The molecule has 8 nitrogen and oxygen atoms in total. The fourth-order valence-electron chi connectivity index (χ4n) is 3.05. The number of rotatable bonds is 9. The number of aliphatic hydroxyl groups is 1. The van der Waals surface area contributed by atoms with Gasteiger partial charge in [0.1, 0.15) is 16.4 Å². The number of anilines is 2. The standard InChI is InChI=1S/C23H20ClF3N2O6S/c1-2-34-19-12-15(28-22(31)21(30)14-6-4-3-5-7-14)9-11-20(19)36(32,33)29-16-8-10-17(24)18(13-16)35-23(25,26)27/h3-13,21,29-30H,2H2,1H3,(H,28,31)/t21-/m0/s1. The summed E-state index contributed by atoms with van der Waals surface area (Å²) in [5.74, 6) is -1.68. The molecule has 192 valence electrons. The minimum Gasteiger partial charge on any atom is -0.492 e. The van der Waals surface area contributed by atoms with Crippen LogP contribution in [0.1, 0.15) is 18.6 Å². The Bertz CT molecular complexity index is 1340. The van der Waals surface area contributed by atoms with E-state index in [0.29, 0.717) is 5.56 Å². The van der Waals surface area contributed by atoms with Crippen LogP contribution in [0.5, 0.6) is 11.5 Å². The zero-order valence-corrected chi connectivity index (χ0v) is 20.1. The number of amides is 1. The third-order valence-electron chi connectivity index (χ3n) is 4.57. The van der Waals surface area contributed by atoms with Gasteiger partial charge in [-0.15, -0.1) is 13.2 Å². The highest BCUT2D eigenvalue weighted by molar-refractivity contribution is 7.92. The van der Waals surface area contributed by atoms with E-state index in [1.807, 2.05) is 0 Å². The zero-order valence-electron chi connectivity index (χ0n) is 18.5. The van der Waals surface area contributed by atoms with Crippen LogP contribution in [-0.2, 0) is 14.8 Å². The number of hydrogen-bond acceptors (Lipinski definition) is 6. The van der Waals surface area contributed by atoms with Crippen LogP contribution in [0, 0.1) is 0 Å². The van der Waals surface area contributed by atoms with Gasteiger partial charge in [-0.05, 0) is 36.8 Å². The summed E-state index contributed by atoms with van der Waals surface area (Å²) >= 11 is 5.70. The van der Waals surface area contributed by atoms with Crippen molar-refractivity contribution in [3.8, 4) is 11.5 Å². The van der Waals surface area contributed by atoms with Crippen molar-refractivity contribution in [3.63, 3.8) is 0 Å². The van der Waals surface area contributed by atoms with Crippen molar-refractivity contribution in [1.29, 1.82) is 0 Å². The first-order valence-electron chi connectivity index (χ1n) is 10.3. The molecule has 0 aliphatic carbocycles. The fraction of sp³-hybridized carbons (Fsp3) is 0.174. The van der Waals surface area contributed by atoms with Crippen molar-refractivity contribution >= 4 is 38.9 Å². The Morgan fingerprint density at radius 1 is 1.03 bits per heavy atom. The third-order valence-corrected chi connectivity index (χ3v) is 6.31. The Hall–Kier alpha value is -3.48. The van der Waals surface area contributed by atoms with Crippen LogP contribution in [0.15, 0.2) is 71.6 Å². The number of aliphatic hydroxyl groups excluding tert-OH is 1. The highest BCUT2D eigenvalue weighted by atomic mass is 35.5. The van der Waals surface area contributed by atoms with Gasteiger partial charge in [0.2, 0.25) is 0 Å². The van der Waals surface area contributed by atoms with Gasteiger partial charge >= 0.3 is 6.36 Å². The first-order chi connectivity index (χ1) is 16.9. The molecule has 0 bridgehead atoms. The van der Waals surface area contributed by atoms with E-state index in [1.54, 1.807) is 37.3 Å². The average Bonchev–Trinajstić information content (AvgIpc) is 2.80. The largest absolute Gasteiger partial charge is 0.573 e. The van der Waals surface area contributed by atoms with Gasteiger partial charge in [-0.2, -0.15) is 0 Å². The molecule has 13 heteroatoms. The van der Waals surface area contributed by atoms with Gasteiger partial charge in [0.15, 0.2) is 6.10 Å². The minimum absolute atomic E-state index is 0.0665. The van der Waals surface area contributed by atoms with E-state index in [0.717, 1.165) is 24.3 Å². The van der Waals surface area contributed by atoms with E-state index in [1.165, 1.54) is 12.1 Å². The van der Waals surface area contributed by atoms with Gasteiger partial charge in [-0.1, -0.05) is 41.9 Å². The maximum absolute atomic E-state index is 13.0. The van der Waals surface area contributed by atoms with Crippen LogP contribution < -0.4 is 19.5 Å². The summed E-state index contributed by atoms with van der Waals surface area (Å²) in [6, 6.07) is 14.8. The third kappa shape index (κ3) is 7.03. The molecule has 1 amide bonds. The number of hydrogen-bond donors (Lipinski definition) is 3. The highest BCUT2D eigenvalue weighted by Crippen LogP contribution is 2.34. The predicted octanol–water partition coefficient (Wildman–Crippen LogP) is 5.11. The first kappa shape index (κ1) is 27.1. The van der Waals surface area contributed by atoms with Crippen molar-refractivity contribution in [2.75, 3.05) is 16.6 Å². The monoisotopic (exact) mass is 544 g/mol. The van der Waals surface area contributed by atoms with Gasteiger partial charge in [-0.25, -0.2) is 8.42 Å². The Morgan fingerprint density at radius 2 is 1.67 bits per heavy atom. The van der Waals surface area contributed by atoms with Crippen molar-refractivity contribution in [1.82, 2.24) is 0 Å². The smallest absolute Gasteiger partial charge is 0.492 e. The van der Waals surface area contributed by atoms with Gasteiger partial charge in [0.25, 0.3) is 15.9 Å². The van der Waals surface area contributed by atoms with Crippen molar-refractivity contribution in [3.05, 3.63) is 77.3 Å². The maximum atomic E-state index is 13.0. The second kappa shape index (κ2) is 11.1. The lowest BCUT2D eigenvalue weighted by Crippen LogP contribution is -2.21. The molecule has 0 saturated carbocycles. The minimum atomic E-state index is -5.03. The number of alkyl halides is 3. The number of carbonyl (C=O) groups excluding carboxylic acids is 1. The Kier molecular flexibility index (Phi) is 8.33. The molecule has 0 unspecified atom stereocenters. The first-order valence-corrected chi connectivity index (χ1v) is 12.1. The molecule has 3 aromatic carbocycles. The SMILES string of the molecule is CCOc1cc(NC(=O)[C@@H](O)c2ccccc2)ccc1S(=O)(=O)Nc1ccc(Cl)c(OC(F)(F)F)c1. The summed E-state index contributed by atoms with van der Waals surface area (Å²) in [5, 5.41) is 12.4. The number of sulfonamides is 1. The summed E-state index contributed by atoms with van der Waals surface area (Å²) < 4.78 is 75.1. The Morgan fingerprint density at radius 3 is 2.31 bits per heavy atom. The molecule has 3 rings (SSSR count). The summed E-state index contributed by atoms with van der Waals surface area (Å²) in [6.45, 7) is 1.67. The number of ether oxygens (including phenoxy) is 2. The van der Waals surface area contributed by atoms with Crippen LogP contribution in [-0.4, -0.2) is 32.4 Å². The lowest BCUT2D eigenvalue weighted by Gasteiger charge is -2.16.